The Bertz CT molecular complexity index is 311. The Balaban J connectivity index is 2.45. The second-order valence-electron chi connectivity index (χ2n) is 4.39. The average molecular weight is 238 g/mol. The van der Waals surface area contributed by atoms with E-state index in [4.69, 9.17) is 0 Å². The van der Waals surface area contributed by atoms with Gasteiger partial charge in [0.25, 0.3) is 0 Å². The molecule has 0 aliphatic carbocycles. The van der Waals surface area contributed by atoms with E-state index in [9.17, 15) is 4.39 Å². The van der Waals surface area contributed by atoms with E-state index in [1.807, 2.05) is 19.2 Å². The van der Waals surface area contributed by atoms with Crippen molar-refractivity contribution in [2.75, 3.05) is 25.0 Å². The van der Waals surface area contributed by atoms with E-state index < -0.39 is 0 Å². The monoisotopic (exact) mass is 238 g/mol. The van der Waals surface area contributed by atoms with Crippen molar-refractivity contribution in [3.05, 3.63) is 30.1 Å². The fraction of sp³-hybridized carbons (Fsp3) is 0.571. The summed E-state index contributed by atoms with van der Waals surface area (Å²) < 4.78 is 12.8. The minimum absolute atomic E-state index is 0.173. The maximum Gasteiger partial charge on any atom is 0.123 e. The normalized spacial score (nSPS) is 12.5. The van der Waals surface area contributed by atoms with Crippen LogP contribution >= 0.6 is 0 Å². The molecular formula is C14H23FN2. The highest BCUT2D eigenvalue weighted by Gasteiger charge is 2.05. The Morgan fingerprint density at radius 3 is 2.47 bits per heavy atom. The van der Waals surface area contributed by atoms with Crippen molar-refractivity contribution >= 4 is 5.69 Å². The van der Waals surface area contributed by atoms with Gasteiger partial charge < -0.3 is 10.2 Å². The van der Waals surface area contributed by atoms with Crippen LogP contribution in [0.4, 0.5) is 10.1 Å². The second-order valence-corrected chi connectivity index (χ2v) is 4.39. The number of benzene rings is 1. The summed E-state index contributed by atoms with van der Waals surface area (Å²) in [6.45, 7) is 6.30. The molecule has 1 unspecified atom stereocenters. The lowest BCUT2D eigenvalue weighted by Crippen LogP contribution is -2.27. The Morgan fingerprint density at radius 1 is 1.29 bits per heavy atom. The zero-order chi connectivity index (χ0) is 12.7. The van der Waals surface area contributed by atoms with Crippen LogP contribution in [0.15, 0.2) is 24.3 Å². The third kappa shape index (κ3) is 4.73. The molecule has 0 heterocycles. The molecule has 0 aromatic heterocycles. The van der Waals surface area contributed by atoms with Crippen LogP contribution in [0.1, 0.15) is 26.7 Å². The molecule has 0 amide bonds. The van der Waals surface area contributed by atoms with Crippen molar-refractivity contribution in [3.63, 3.8) is 0 Å². The molecule has 1 rings (SSSR count). The first-order valence-electron chi connectivity index (χ1n) is 6.35. The molecule has 2 nitrogen and oxygen atoms in total. The fourth-order valence-corrected chi connectivity index (χ4v) is 1.85. The molecule has 0 radical (unpaired) electrons. The fourth-order valence-electron chi connectivity index (χ4n) is 1.85. The zero-order valence-electron chi connectivity index (χ0n) is 11.0. The highest BCUT2D eigenvalue weighted by atomic mass is 19.1. The van der Waals surface area contributed by atoms with Gasteiger partial charge in [0.15, 0.2) is 0 Å². The third-order valence-corrected chi connectivity index (χ3v) is 3.13. The molecule has 0 bridgehead atoms. The van der Waals surface area contributed by atoms with E-state index in [-0.39, 0.29) is 5.82 Å². The molecule has 0 aliphatic heterocycles. The Hall–Kier alpha value is -1.09. The smallest absolute Gasteiger partial charge is 0.123 e. The highest BCUT2D eigenvalue weighted by molar-refractivity contribution is 5.45. The molecule has 1 N–H and O–H groups in total. The van der Waals surface area contributed by atoms with E-state index >= 15 is 0 Å². The van der Waals surface area contributed by atoms with E-state index in [0.29, 0.717) is 6.04 Å². The van der Waals surface area contributed by atoms with Gasteiger partial charge in [-0.15, -0.1) is 0 Å². The lowest BCUT2D eigenvalue weighted by molar-refractivity contribution is 0.539. The van der Waals surface area contributed by atoms with Crippen LogP contribution in [-0.4, -0.2) is 26.2 Å². The predicted octanol–water partition coefficient (Wildman–Crippen LogP) is 3.04. The summed E-state index contributed by atoms with van der Waals surface area (Å²) in [7, 11) is 1.99. The maximum atomic E-state index is 12.8. The molecule has 0 saturated heterocycles. The van der Waals surface area contributed by atoms with Gasteiger partial charge in [0.1, 0.15) is 5.82 Å². The lowest BCUT2D eigenvalue weighted by atomic mass is 10.1. The predicted molar refractivity (Wildman–Crippen MR) is 72.0 cm³/mol. The first kappa shape index (κ1) is 14.0. The molecule has 1 atom stereocenters. The average Bonchev–Trinajstić information content (AvgIpc) is 2.35. The summed E-state index contributed by atoms with van der Waals surface area (Å²) in [5, 5.41) is 3.24. The minimum Gasteiger partial charge on any atom is -0.372 e. The molecule has 0 fully saturated rings. The number of hydrogen-bond acceptors (Lipinski definition) is 2. The number of nitrogens with zero attached hydrogens (tertiary/aromatic N) is 1. The second kappa shape index (κ2) is 7.28. The van der Waals surface area contributed by atoms with Crippen LogP contribution in [0.2, 0.25) is 0 Å². The molecule has 3 heteroatoms. The molecule has 1 aromatic rings. The van der Waals surface area contributed by atoms with Crippen molar-refractivity contribution in [2.45, 2.75) is 32.7 Å². The van der Waals surface area contributed by atoms with Gasteiger partial charge in [-0.25, -0.2) is 4.39 Å². The largest absolute Gasteiger partial charge is 0.372 e. The zero-order valence-corrected chi connectivity index (χ0v) is 11.0. The van der Waals surface area contributed by atoms with Gasteiger partial charge in [0.2, 0.25) is 0 Å². The van der Waals surface area contributed by atoms with Crippen LogP contribution in [0.25, 0.3) is 0 Å². The summed E-state index contributed by atoms with van der Waals surface area (Å²) >= 11 is 0. The topological polar surface area (TPSA) is 15.3 Å². The van der Waals surface area contributed by atoms with Gasteiger partial charge in [0.05, 0.1) is 0 Å². The van der Waals surface area contributed by atoms with Gasteiger partial charge in [-0.3, -0.25) is 0 Å². The first-order chi connectivity index (χ1) is 8.17. The van der Waals surface area contributed by atoms with Crippen LogP contribution in [0.5, 0.6) is 0 Å². The van der Waals surface area contributed by atoms with Crippen molar-refractivity contribution in [2.24, 2.45) is 0 Å². The SMILES string of the molecule is CCN(CCCC(C)NC)c1ccc(F)cc1. The molecule has 0 spiro atoms. The molecule has 0 saturated carbocycles. The number of halogens is 1. The van der Waals surface area contributed by atoms with Crippen molar-refractivity contribution in [1.82, 2.24) is 5.32 Å². The molecule has 17 heavy (non-hydrogen) atoms. The van der Waals surface area contributed by atoms with Crippen LogP contribution in [-0.2, 0) is 0 Å². The Morgan fingerprint density at radius 2 is 1.94 bits per heavy atom. The number of anilines is 1. The van der Waals surface area contributed by atoms with Gasteiger partial charge >= 0.3 is 0 Å². The van der Waals surface area contributed by atoms with Gasteiger partial charge in [0, 0.05) is 24.8 Å². The number of hydrogen-bond donors (Lipinski definition) is 1. The van der Waals surface area contributed by atoms with Crippen molar-refractivity contribution < 1.29 is 4.39 Å². The Kier molecular flexibility index (Phi) is 5.98. The molecule has 96 valence electrons. The lowest BCUT2D eigenvalue weighted by Gasteiger charge is -2.23. The van der Waals surface area contributed by atoms with Crippen molar-refractivity contribution in [3.8, 4) is 0 Å². The van der Waals surface area contributed by atoms with Gasteiger partial charge in [-0.1, -0.05) is 0 Å². The summed E-state index contributed by atoms with van der Waals surface area (Å²) in [6.07, 6.45) is 2.31. The molecule has 1 aromatic carbocycles. The van der Waals surface area contributed by atoms with Gasteiger partial charge in [-0.2, -0.15) is 0 Å². The quantitative estimate of drug-likeness (QED) is 0.785. The number of rotatable bonds is 7. The standard InChI is InChI=1S/C14H23FN2/c1-4-17(11-5-6-12(2)16-3)14-9-7-13(15)8-10-14/h7-10,12,16H,4-6,11H2,1-3H3. The van der Waals surface area contributed by atoms with E-state index in [1.54, 1.807) is 0 Å². The maximum absolute atomic E-state index is 12.8. The van der Waals surface area contributed by atoms with Crippen LogP contribution in [0, 0.1) is 5.82 Å². The summed E-state index contributed by atoms with van der Waals surface area (Å²) in [4.78, 5) is 2.28. The van der Waals surface area contributed by atoms with E-state index in [0.717, 1.165) is 31.6 Å². The summed E-state index contributed by atoms with van der Waals surface area (Å²) in [6, 6.07) is 7.30. The van der Waals surface area contributed by atoms with Gasteiger partial charge in [-0.05, 0) is 58.0 Å². The van der Waals surface area contributed by atoms with Crippen LogP contribution < -0.4 is 10.2 Å². The van der Waals surface area contributed by atoms with E-state index in [1.165, 1.54) is 12.1 Å². The van der Waals surface area contributed by atoms with Crippen molar-refractivity contribution in [1.29, 1.82) is 0 Å². The summed E-state index contributed by atoms with van der Waals surface area (Å²) in [5.74, 6) is -0.173. The molecule has 0 aliphatic rings. The first-order valence-corrected chi connectivity index (χ1v) is 6.35. The highest BCUT2D eigenvalue weighted by Crippen LogP contribution is 2.15. The van der Waals surface area contributed by atoms with Crippen LogP contribution in [0.3, 0.4) is 0 Å². The van der Waals surface area contributed by atoms with E-state index in [2.05, 4.69) is 24.1 Å². The summed E-state index contributed by atoms with van der Waals surface area (Å²) in [5.41, 5.74) is 1.10. The third-order valence-electron chi connectivity index (χ3n) is 3.13. The number of nitrogens with one attached hydrogen (secondary N) is 1. The molecular weight excluding hydrogens is 215 g/mol. The Labute approximate surface area is 104 Å². The minimum atomic E-state index is -0.173.